The molecule has 0 unspecified atom stereocenters. The Kier molecular flexibility index (Phi) is 7.29. The molecular weight excluding hydrogens is 425 g/mol. The summed E-state index contributed by atoms with van der Waals surface area (Å²) in [6.45, 7) is 0. The van der Waals surface area contributed by atoms with E-state index >= 15 is 0 Å². The van der Waals surface area contributed by atoms with Gasteiger partial charge in [0.25, 0.3) is 0 Å². The third-order valence-corrected chi connectivity index (χ3v) is 4.27. The molecule has 0 aromatic heterocycles. The van der Waals surface area contributed by atoms with Crippen LogP contribution in [0, 0.1) is 0 Å². The number of halogens is 5. The lowest BCUT2D eigenvalue weighted by Crippen LogP contribution is -2.48. The minimum atomic E-state index is -1.81. The maximum absolute atomic E-state index is 12.1. The highest BCUT2D eigenvalue weighted by atomic mass is 35.6. The van der Waals surface area contributed by atoms with Gasteiger partial charge >= 0.3 is 0 Å². The summed E-state index contributed by atoms with van der Waals surface area (Å²) in [5, 5.41) is 6.29. The van der Waals surface area contributed by atoms with Crippen LogP contribution in [0.15, 0.2) is 54.6 Å². The van der Waals surface area contributed by atoms with E-state index in [1.165, 1.54) is 12.1 Å². The molecule has 2 aromatic carbocycles. The Morgan fingerprint density at radius 2 is 1.72 bits per heavy atom. The van der Waals surface area contributed by atoms with Crippen LogP contribution in [0.3, 0.4) is 0 Å². The van der Waals surface area contributed by atoms with Crippen LogP contribution in [0.5, 0.6) is 0 Å². The van der Waals surface area contributed by atoms with E-state index in [1.807, 2.05) is 30.3 Å². The first-order chi connectivity index (χ1) is 11.8. The van der Waals surface area contributed by atoms with Gasteiger partial charge in [-0.2, -0.15) is 0 Å². The fourth-order valence-electron chi connectivity index (χ4n) is 1.89. The quantitative estimate of drug-likeness (QED) is 0.345. The Labute approximate surface area is 170 Å². The molecule has 0 saturated carbocycles. The number of hydrogen-bond donors (Lipinski definition) is 2. The topological polar surface area (TPSA) is 41.1 Å². The van der Waals surface area contributed by atoms with Crippen molar-refractivity contribution in [1.29, 1.82) is 0 Å². The number of nitrogens with one attached hydrogen (secondary N) is 2. The Bertz CT molecular complexity index is 759. The number of carbonyl (C=O) groups is 1. The Morgan fingerprint density at radius 3 is 2.32 bits per heavy atom. The van der Waals surface area contributed by atoms with Gasteiger partial charge in [0.1, 0.15) is 6.17 Å². The molecule has 0 aliphatic rings. The third-order valence-electron chi connectivity index (χ3n) is 3.07. The number of anilines is 1. The van der Waals surface area contributed by atoms with Crippen LogP contribution < -0.4 is 10.6 Å². The van der Waals surface area contributed by atoms with Gasteiger partial charge in [-0.05, 0) is 29.8 Å². The van der Waals surface area contributed by atoms with Crippen molar-refractivity contribution in [2.24, 2.45) is 0 Å². The standard InChI is InChI=1S/C17H13Cl5N2O/c18-12-7-8-14(13(19)10-12)23-16(17(20,21)22)24-15(25)9-6-11-4-2-1-3-5-11/h1-10,16,23H,(H,24,25)/b9-6+/t16-/m1/s1. The normalized spacial score (nSPS) is 12.8. The Hall–Kier alpha value is -1.10. The number of hydrogen-bond acceptors (Lipinski definition) is 2. The van der Waals surface area contributed by atoms with Gasteiger partial charge in [-0.3, -0.25) is 4.79 Å². The molecule has 25 heavy (non-hydrogen) atoms. The monoisotopic (exact) mass is 436 g/mol. The lowest BCUT2D eigenvalue weighted by Gasteiger charge is -2.27. The highest BCUT2D eigenvalue weighted by molar-refractivity contribution is 6.68. The molecule has 0 radical (unpaired) electrons. The summed E-state index contributed by atoms with van der Waals surface area (Å²) in [4.78, 5) is 12.1. The molecule has 2 rings (SSSR count). The average molecular weight is 439 g/mol. The zero-order chi connectivity index (χ0) is 18.4. The molecule has 0 saturated heterocycles. The number of carbonyl (C=O) groups excluding carboxylic acids is 1. The van der Waals surface area contributed by atoms with Crippen LogP contribution in [0.4, 0.5) is 5.69 Å². The molecule has 1 atom stereocenters. The first-order valence-corrected chi connectivity index (χ1v) is 8.96. The molecule has 0 aliphatic heterocycles. The van der Waals surface area contributed by atoms with E-state index in [-0.39, 0.29) is 0 Å². The summed E-state index contributed by atoms with van der Waals surface area (Å²) in [7, 11) is 0. The van der Waals surface area contributed by atoms with Crippen LogP contribution in [0.1, 0.15) is 5.56 Å². The van der Waals surface area contributed by atoms with E-state index in [0.717, 1.165) is 5.56 Å². The lowest BCUT2D eigenvalue weighted by atomic mass is 10.2. The smallest absolute Gasteiger partial charge is 0.245 e. The summed E-state index contributed by atoms with van der Waals surface area (Å²) >= 11 is 29.8. The molecule has 0 fully saturated rings. The van der Waals surface area contributed by atoms with Crippen molar-refractivity contribution < 1.29 is 4.79 Å². The molecule has 2 N–H and O–H groups in total. The molecular formula is C17H13Cl5N2O. The van der Waals surface area contributed by atoms with Crippen molar-refractivity contribution in [2.75, 3.05) is 5.32 Å². The van der Waals surface area contributed by atoms with E-state index in [9.17, 15) is 4.79 Å². The van der Waals surface area contributed by atoms with Crippen molar-refractivity contribution in [3.8, 4) is 0 Å². The molecule has 0 heterocycles. The third kappa shape index (κ3) is 6.61. The lowest BCUT2D eigenvalue weighted by molar-refractivity contribution is -0.116. The molecule has 0 aliphatic carbocycles. The maximum atomic E-state index is 12.1. The largest absolute Gasteiger partial charge is 0.361 e. The van der Waals surface area contributed by atoms with Crippen molar-refractivity contribution >= 4 is 75.7 Å². The predicted molar refractivity (Wildman–Crippen MR) is 108 cm³/mol. The predicted octanol–water partition coefficient (Wildman–Crippen LogP) is 5.93. The zero-order valence-electron chi connectivity index (χ0n) is 12.6. The molecule has 2 aromatic rings. The molecule has 8 heteroatoms. The van der Waals surface area contributed by atoms with Crippen LogP contribution in [0.25, 0.3) is 6.08 Å². The minimum Gasteiger partial charge on any atom is -0.361 e. The second-order valence-electron chi connectivity index (χ2n) is 5.00. The summed E-state index contributed by atoms with van der Waals surface area (Å²) < 4.78 is -1.81. The summed E-state index contributed by atoms with van der Waals surface area (Å²) in [5.74, 6) is -0.433. The van der Waals surface area contributed by atoms with E-state index in [4.69, 9.17) is 58.0 Å². The Morgan fingerprint density at radius 1 is 1.04 bits per heavy atom. The fourth-order valence-corrected chi connectivity index (χ4v) is 2.68. The molecule has 3 nitrogen and oxygen atoms in total. The van der Waals surface area contributed by atoms with Gasteiger partial charge in [0.05, 0.1) is 10.7 Å². The number of amides is 1. The van der Waals surface area contributed by atoms with Crippen molar-refractivity contribution in [3.05, 3.63) is 70.2 Å². The number of benzene rings is 2. The van der Waals surface area contributed by atoms with Crippen LogP contribution in [-0.4, -0.2) is 15.9 Å². The van der Waals surface area contributed by atoms with Crippen molar-refractivity contribution in [2.45, 2.75) is 9.96 Å². The second-order valence-corrected chi connectivity index (χ2v) is 8.21. The van der Waals surface area contributed by atoms with Crippen LogP contribution in [-0.2, 0) is 4.79 Å². The highest BCUT2D eigenvalue weighted by Gasteiger charge is 2.34. The van der Waals surface area contributed by atoms with E-state index in [1.54, 1.807) is 18.2 Å². The molecule has 0 spiro atoms. The van der Waals surface area contributed by atoms with Crippen LogP contribution >= 0.6 is 58.0 Å². The average Bonchev–Trinajstić information content (AvgIpc) is 2.54. The number of alkyl halides is 3. The first-order valence-electron chi connectivity index (χ1n) is 7.07. The second kappa shape index (κ2) is 9.02. The SMILES string of the molecule is O=C(/C=C/c1ccccc1)N[C@@H](Nc1ccc(Cl)cc1Cl)C(Cl)(Cl)Cl. The van der Waals surface area contributed by atoms with E-state index in [0.29, 0.717) is 15.7 Å². The zero-order valence-corrected chi connectivity index (χ0v) is 16.4. The summed E-state index contributed by atoms with van der Waals surface area (Å²) in [6.07, 6.45) is 1.99. The molecule has 132 valence electrons. The van der Waals surface area contributed by atoms with Crippen molar-refractivity contribution in [1.82, 2.24) is 5.32 Å². The van der Waals surface area contributed by atoms with Gasteiger partial charge in [-0.1, -0.05) is 88.3 Å². The summed E-state index contributed by atoms with van der Waals surface area (Å²) in [6, 6.07) is 14.1. The van der Waals surface area contributed by atoms with E-state index in [2.05, 4.69) is 10.6 Å². The highest BCUT2D eigenvalue weighted by Crippen LogP contribution is 2.33. The molecule has 0 bridgehead atoms. The first kappa shape index (κ1) is 20.2. The fraction of sp³-hybridized carbons (Fsp3) is 0.118. The van der Waals surface area contributed by atoms with Gasteiger partial charge in [0.15, 0.2) is 0 Å². The molecule has 1 amide bonds. The Balaban J connectivity index is 2.10. The van der Waals surface area contributed by atoms with Crippen molar-refractivity contribution in [3.63, 3.8) is 0 Å². The van der Waals surface area contributed by atoms with Gasteiger partial charge in [-0.15, -0.1) is 0 Å². The van der Waals surface area contributed by atoms with Gasteiger partial charge in [0.2, 0.25) is 9.70 Å². The van der Waals surface area contributed by atoms with Gasteiger partial charge < -0.3 is 10.6 Å². The van der Waals surface area contributed by atoms with Crippen LogP contribution in [0.2, 0.25) is 10.0 Å². The minimum absolute atomic E-state index is 0.334. The van der Waals surface area contributed by atoms with E-state index < -0.39 is 15.9 Å². The van der Waals surface area contributed by atoms with Gasteiger partial charge in [-0.25, -0.2) is 0 Å². The maximum Gasteiger partial charge on any atom is 0.245 e. The number of rotatable bonds is 5. The van der Waals surface area contributed by atoms with Gasteiger partial charge in [0, 0.05) is 11.1 Å². The summed E-state index contributed by atoms with van der Waals surface area (Å²) in [5.41, 5.74) is 1.34.